The smallest absolute Gasteiger partial charge is 0.244 e. The number of rotatable bonds is 17. The van der Waals surface area contributed by atoms with E-state index in [9.17, 15) is 4.79 Å². The maximum absolute atomic E-state index is 13.6. The van der Waals surface area contributed by atoms with E-state index < -0.39 is 0 Å². The molecule has 2 aliphatic carbocycles. The van der Waals surface area contributed by atoms with Gasteiger partial charge < -0.3 is 4.90 Å². The van der Waals surface area contributed by atoms with Gasteiger partial charge >= 0.3 is 0 Å². The lowest BCUT2D eigenvalue weighted by atomic mass is 9.81. The average Bonchev–Trinajstić information content (AvgIpc) is 3.06. The highest BCUT2D eigenvalue weighted by atomic mass is 16.2. The predicted octanol–water partition coefficient (Wildman–Crippen LogP) is 9.04. The van der Waals surface area contributed by atoms with E-state index in [0.717, 1.165) is 19.4 Å². The average molecular weight is 475 g/mol. The zero-order valence-electron chi connectivity index (χ0n) is 22.9. The SMILES string of the molecule is CCCCCCCCCCCCCCCCCCN1C(=O)C2(CCCCC2)NC12CCCCC2. The largest absolute Gasteiger partial charge is 0.323 e. The molecule has 1 N–H and O–H groups in total. The lowest BCUT2D eigenvalue weighted by molar-refractivity contribution is -0.136. The predicted molar refractivity (Wildman–Crippen MR) is 146 cm³/mol. The molecule has 1 saturated heterocycles. The van der Waals surface area contributed by atoms with Crippen molar-refractivity contribution in [2.75, 3.05) is 6.54 Å². The molecular weight excluding hydrogens is 416 g/mol. The van der Waals surface area contributed by atoms with E-state index in [2.05, 4.69) is 17.1 Å². The lowest BCUT2D eigenvalue weighted by Gasteiger charge is -2.42. The molecule has 1 amide bonds. The third-order valence-electron chi connectivity index (χ3n) is 9.27. The van der Waals surface area contributed by atoms with Crippen molar-refractivity contribution in [3.63, 3.8) is 0 Å². The standard InChI is InChI=1S/C31H58N2O/c1-2-3-4-5-6-7-8-9-10-11-12-13-14-15-16-23-28-33-29(34)30(24-19-17-20-25-30)32-31(33)26-21-18-22-27-31/h32H,2-28H2,1H3. The van der Waals surface area contributed by atoms with E-state index in [1.165, 1.54) is 154 Å². The van der Waals surface area contributed by atoms with Gasteiger partial charge in [-0.3, -0.25) is 10.1 Å². The van der Waals surface area contributed by atoms with Crippen molar-refractivity contribution in [2.24, 2.45) is 0 Å². The monoisotopic (exact) mass is 474 g/mol. The number of nitrogens with one attached hydrogen (secondary N) is 1. The Hall–Kier alpha value is -0.570. The van der Waals surface area contributed by atoms with E-state index in [0.29, 0.717) is 5.91 Å². The molecule has 0 atom stereocenters. The number of carbonyl (C=O) groups excluding carboxylic acids is 1. The second-order valence-electron chi connectivity index (χ2n) is 12.1. The molecule has 3 fully saturated rings. The Bertz CT molecular complexity index is 548. The molecule has 3 heteroatoms. The fourth-order valence-electron chi connectivity index (χ4n) is 7.18. The van der Waals surface area contributed by atoms with E-state index in [1.807, 2.05) is 0 Å². The second-order valence-corrected chi connectivity index (χ2v) is 12.1. The molecule has 0 bridgehead atoms. The van der Waals surface area contributed by atoms with Crippen molar-refractivity contribution >= 4 is 5.91 Å². The van der Waals surface area contributed by atoms with Crippen molar-refractivity contribution in [3.8, 4) is 0 Å². The summed E-state index contributed by atoms with van der Waals surface area (Å²) in [5, 5.41) is 4.00. The van der Waals surface area contributed by atoms with Gasteiger partial charge in [-0.25, -0.2) is 0 Å². The summed E-state index contributed by atoms with van der Waals surface area (Å²) in [4.78, 5) is 16.0. The van der Waals surface area contributed by atoms with Crippen LogP contribution >= 0.6 is 0 Å². The van der Waals surface area contributed by atoms with E-state index in [4.69, 9.17) is 0 Å². The third kappa shape index (κ3) is 8.24. The van der Waals surface area contributed by atoms with Crippen LogP contribution < -0.4 is 5.32 Å². The molecule has 2 spiro atoms. The first-order valence-corrected chi connectivity index (χ1v) is 15.8. The summed E-state index contributed by atoms with van der Waals surface area (Å²) in [5.41, 5.74) is -0.202. The summed E-state index contributed by atoms with van der Waals surface area (Å²) in [6.07, 6.45) is 34.6. The Morgan fingerprint density at radius 2 is 1.00 bits per heavy atom. The minimum Gasteiger partial charge on any atom is -0.323 e. The van der Waals surface area contributed by atoms with Crippen molar-refractivity contribution < 1.29 is 4.79 Å². The molecule has 0 aromatic rings. The van der Waals surface area contributed by atoms with E-state index >= 15 is 0 Å². The van der Waals surface area contributed by atoms with Crippen LogP contribution in [0, 0.1) is 0 Å². The molecule has 3 aliphatic rings. The second kappa shape index (κ2) is 15.5. The molecule has 1 heterocycles. The first-order valence-electron chi connectivity index (χ1n) is 15.8. The molecule has 3 nitrogen and oxygen atoms in total. The normalized spacial score (nSPS) is 21.7. The van der Waals surface area contributed by atoms with Gasteiger partial charge in [0.05, 0.1) is 11.2 Å². The molecule has 198 valence electrons. The number of hydrogen-bond donors (Lipinski definition) is 1. The minimum absolute atomic E-state index is 0.00216. The number of unbranched alkanes of at least 4 members (excludes halogenated alkanes) is 15. The minimum atomic E-state index is -0.204. The van der Waals surface area contributed by atoms with Crippen LogP contribution in [-0.2, 0) is 4.79 Å². The molecule has 34 heavy (non-hydrogen) atoms. The van der Waals surface area contributed by atoms with Gasteiger partial charge in [-0.1, -0.05) is 129 Å². The summed E-state index contributed by atoms with van der Waals surface area (Å²) in [6, 6.07) is 0. The summed E-state index contributed by atoms with van der Waals surface area (Å²) in [7, 11) is 0. The molecular formula is C31H58N2O. The highest BCUT2D eigenvalue weighted by Gasteiger charge is 2.58. The van der Waals surface area contributed by atoms with Gasteiger partial charge in [0.1, 0.15) is 0 Å². The third-order valence-corrected chi connectivity index (χ3v) is 9.27. The molecule has 0 aromatic carbocycles. The van der Waals surface area contributed by atoms with Crippen LogP contribution in [0.25, 0.3) is 0 Å². The number of carbonyl (C=O) groups is 1. The summed E-state index contributed by atoms with van der Waals surface area (Å²) < 4.78 is 0. The molecule has 2 saturated carbocycles. The maximum Gasteiger partial charge on any atom is 0.244 e. The number of hydrogen-bond acceptors (Lipinski definition) is 2. The van der Waals surface area contributed by atoms with Gasteiger partial charge in [0, 0.05) is 6.54 Å². The Balaban J connectivity index is 1.22. The van der Waals surface area contributed by atoms with Crippen molar-refractivity contribution in [2.45, 2.75) is 185 Å². The fraction of sp³-hybridized carbons (Fsp3) is 0.968. The van der Waals surface area contributed by atoms with Gasteiger partial charge in [0.25, 0.3) is 0 Å². The van der Waals surface area contributed by atoms with Crippen LogP contribution in [0.15, 0.2) is 0 Å². The van der Waals surface area contributed by atoms with Gasteiger partial charge in [-0.05, 0) is 44.9 Å². The molecule has 0 radical (unpaired) electrons. The van der Waals surface area contributed by atoms with Crippen molar-refractivity contribution in [1.29, 1.82) is 0 Å². The maximum atomic E-state index is 13.6. The van der Waals surface area contributed by atoms with Gasteiger partial charge in [-0.2, -0.15) is 0 Å². The lowest BCUT2D eigenvalue weighted by Crippen LogP contribution is -2.56. The molecule has 0 aromatic heterocycles. The van der Waals surface area contributed by atoms with Crippen LogP contribution in [0.4, 0.5) is 0 Å². The van der Waals surface area contributed by atoms with E-state index in [1.54, 1.807) is 0 Å². The molecule has 3 rings (SSSR count). The number of amides is 1. The van der Waals surface area contributed by atoms with Crippen LogP contribution in [-0.4, -0.2) is 28.6 Å². The van der Waals surface area contributed by atoms with Gasteiger partial charge in [0.15, 0.2) is 0 Å². The van der Waals surface area contributed by atoms with Crippen molar-refractivity contribution in [3.05, 3.63) is 0 Å². The highest BCUT2D eigenvalue weighted by molar-refractivity contribution is 5.89. The van der Waals surface area contributed by atoms with Crippen LogP contribution in [0.1, 0.15) is 174 Å². The van der Waals surface area contributed by atoms with Crippen LogP contribution in [0.5, 0.6) is 0 Å². The Kier molecular flexibility index (Phi) is 12.8. The molecule has 1 aliphatic heterocycles. The van der Waals surface area contributed by atoms with Crippen LogP contribution in [0.3, 0.4) is 0 Å². The number of nitrogens with zero attached hydrogens (tertiary/aromatic N) is 1. The van der Waals surface area contributed by atoms with Gasteiger partial charge in [0.2, 0.25) is 5.91 Å². The Morgan fingerprint density at radius 3 is 1.47 bits per heavy atom. The highest BCUT2D eigenvalue weighted by Crippen LogP contribution is 2.44. The first kappa shape index (κ1) is 28.0. The quantitative estimate of drug-likeness (QED) is 0.213. The van der Waals surface area contributed by atoms with Gasteiger partial charge in [-0.15, -0.1) is 0 Å². The Labute approximate surface area is 212 Å². The van der Waals surface area contributed by atoms with E-state index in [-0.39, 0.29) is 11.2 Å². The fourth-order valence-corrected chi connectivity index (χ4v) is 7.18. The Morgan fingerprint density at radius 1 is 0.588 bits per heavy atom. The summed E-state index contributed by atoms with van der Waals surface area (Å²) >= 11 is 0. The topological polar surface area (TPSA) is 32.3 Å². The zero-order valence-corrected chi connectivity index (χ0v) is 22.9. The summed E-state index contributed by atoms with van der Waals surface area (Å²) in [6.45, 7) is 3.29. The molecule has 0 unspecified atom stereocenters. The zero-order chi connectivity index (χ0) is 24.0. The first-order chi connectivity index (χ1) is 16.7. The van der Waals surface area contributed by atoms with Crippen molar-refractivity contribution in [1.82, 2.24) is 10.2 Å². The summed E-state index contributed by atoms with van der Waals surface area (Å²) in [5.74, 6) is 0.468. The van der Waals surface area contributed by atoms with Crippen LogP contribution in [0.2, 0.25) is 0 Å².